The van der Waals surface area contributed by atoms with Gasteiger partial charge in [-0.15, -0.1) is 0 Å². The van der Waals surface area contributed by atoms with Crippen LogP contribution in [0.25, 0.3) is 0 Å². The topological polar surface area (TPSA) is 72.2 Å². The van der Waals surface area contributed by atoms with E-state index in [1.807, 2.05) is 19.1 Å². The first kappa shape index (κ1) is 15.5. The first-order valence-corrected chi connectivity index (χ1v) is 7.95. The van der Waals surface area contributed by atoms with Gasteiger partial charge in [-0.2, -0.15) is 0 Å². The fourth-order valence-corrected chi connectivity index (χ4v) is 3.14. The van der Waals surface area contributed by atoms with Crippen LogP contribution in [0.4, 0.5) is 11.4 Å². The molecule has 110 valence electrons. The monoisotopic (exact) mass is 322 g/mol. The minimum absolute atomic E-state index is 0.155. The second kappa shape index (κ2) is 6.74. The van der Waals surface area contributed by atoms with Gasteiger partial charge in [0.2, 0.25) is 5.91 Å². The Morgan fingerprint density at radius 2 is 1.90 bits per heavy atom. The standard InChI is InChI=1S/C15H15ClN2O2S/c1-10-2-5-12(6-3-10)18-15(19)9-21(20)14-7-4-11(17)8-13(14)16/h2-8H,9,17H2,1H3,(H,18,19). The van der Waals surface area contributed by atoms with Crippen molar-refractivity contribution in [1.29, 1.82) is 0 Å². The van der Waals surface area contributed by atoms with Gasteiger partial charge in [0.1, 0.15) is 5.75 Å². The molecule has 2 aromatic rings. The molecule has 0 aliphatic rings. The molecule has 0 saturated carbocycles. The number of rotatable bonds is 4. The third-order valence-corrected chi connectivity index (χ3v) is 4.59. The highest BCUT2D eigenvalue weighted by molar-refractivity contribution is 7.86. The summed E-state index contributed by atoms with van der Waals surface area (Å²) < 4.78 is 12.2. The molecule has 2 aromatic carbocycles. The number of anilines is 2. The Morgan fingerprint density at radius 3 is 2.52 bits per heavy atom. The Hall–Kier alpha value is -1.85. The number of aryl methyl sites for hydroxylation is 1. The summed E-state index contributed by atoms with van der Waals surface area (Å²) in [5.41, 5.74) is 7.85. The Bertz CT molecular complexity index is 687. The van der Waals surface area contributed by atoms with E-state index < -0.39 is 10.8 Å². The zero-order valence-electron chi connectivity index (χ0n) is 11.4. The fourth-order valence-electron chi connectivity index (χ4n) is 1.73. The highest BCUT2D eigenvalue weighted by Crippen LogP contribution is 2.22. The molecule has 0 bridgehead atoms. The normalized spacial score (nSPS) is 11.9. The lowest BCUT2D eigenvalue weighted by atomic mass is 10.2. The molecule has 0 aliphatic heterocycles. The lowest BCUT2D eigenvalue weighted by Gasteiger charge is -2.07. The summed E-state index contributed by atoms with van der Waals surface area (Å²) in [4.78, 5) is 12.3. The average molecular weight is 323 g/mol. The summed E-state index contributed by atoms with van der Waals surface area (Å²) in [5.74, 6) is -0.484. The van der Waals surface area contributed by atoms with Crippen LogP contribution in [0.2, 0.25) is 5.02 Å². The van der Waals surface area contributed by atoms with Gasteiger partial charge in [-0.05, 0) is 37.3 Å². The number of hydrogen-bond acceptors (Lipinski definition) is 3. The number of carbonyl (C=O) groups excluding carboxylic acids is 1. The van der Waals surface area contributed by atoms with Crippen molar-refractivity contribution in [3.05, 3.63) is 53.1 Å². The number of benzene rings is 2. The van der Waals surface area contributed by atoms with Crippen LogP contribution in [-0.4, -0.2) is 15.9 Å². The second-order valence-electron chi connectivity index (χ2n) is 4.59. The van der Waals surface area contributed by atoms with Gasteiger partial charge in [0, 0.05) is 11.4 Å². The van der Waals surface area contributed by atoms with Crippen molar-refractivity contribution in [3.63, 3.8) is 0 Å². The molecular weight excluding hydrogens is 308 g/mol. The lowest BCUT2D eigenvalue weighted by molar-refractivity contribution is -0.113. The molecule has 1 amide bonds. The van der Waals surface area contributed by atoms with E-state index in [1.54, 1.807) is 24.3 Å². The van der Waals surface area contributed by atoms with E-state index in [2.05, 4.69) is 5.32 Å². The van der Waals surface area contributed by atoms with Crippen LogP contribution in [0.5, 0.6) is 0 Å². The third-order valence-electron chi connectivity index (χ3n) is 2.80. The number of nitrogens with two attached hydrogens (primary N) is 1. The van der Waals surface area contributed by atoms with Gasteiger partial charge in [0.15, 0.2) is 0 Å². The number of carbonyl (C=O) groups is 1. The molecule has 0 radical (unpaired) electrons. The molecule has 3 N–H and O–H groups in total. The van der Waals surface area contributed by atoms with Crippen LogP contribution >= 0.6 is 11.6 Å². The number of halogens is 1. The zero-order chi connectivity index (χ0) is 15.4. The van der Waals surface area contributed by atoms with E-state index in [9.17, 15) is 9.00 Å². The van der Waals surface area contributed by atoms with Gasteiger partial charge < -0.3 is 11.1 Å². The highest BCUT2D eigenvalue weighted by Gasteiger charge is 2.13. The van der Waals surface area contributed by atoms with Gasteiger partial charge in [0.05, 0.1) is 20.7 Å². The minimum atomic E-state index is -1.51. The molecule has 0 aliphatic carbocycles. The number of amides is 1. The van der Waals surface area contributed by atoms with Crippen molar-refractivity contribution in [1.82, 2.24) is 0 Å². The van der Waals surface area contributed by atoms with E-state index in [-0.39, 0.29) is 11.7 Å². The Balaban J connectivity index is 2.02. The van der Waals surface area contributed by atoms with Crippen LogP contribution in [-0.2, 0) is 15.6 Å². The number of hydrogen-bond donors (Lipinski definition) is 2. The molecule has 2 rings (SSSR count). The van der Waals surface area contributed by atoms with Gasteiger partial charge in [0.25, 0.3) is 0 Å². The largest absolute Gasteiger partial charge is 0.399 e. The van der Waals surface area contributed by atoms with Gasteiger partial charge in [-0.1, -0.05) is 29.3 Å². The zero-order valence-corrected chi connectivity index (χ0v) is 13.0. The first-order chi connectivity index (χ1) is 9.95. The Labute approximate surface area is 130 Å². The maximum absolute atomic E-state index is 12.2. The molecule has 0 saturated heterocycles. The summed E-state index contributed by atoms with van der Waals surface area (Å²) in [6.45, 7) is 1.96. The fraction of sp³-hybridized carbons (Fsp3) is 0.133. The molecule has 0 aromatic heterocycles. The SMILES string of the molecule is Cc1ccc(NC(=O)CS(=O)c2ccc(N)cc2Cl)cc1. The predicted octanol–water partition coefficient (Wildman–Crippen LogP) is 2.98. The van der Waals surface area contributed by atoms with Crippen LogP contribution in [0.1, 0.15) is 5.56 Å². The smallest absolute Gasteiger partial charge is 0.237 e. The van der Waals surface area contributed by atoms with Gasteiger partial charge >= 0.3 is 0 Å². The first-order valence-electron chi connectivity index (χ1n) is 6.25. The maximum atomic E-state index is 12.2. The van der Waals surface area contributed by atoms with Gasteiger partial charge in [-0.3, -0.25) is 9.00 Å². The molecule has 6 heteroatoms. The Kier molecular flexibility index (Phi) is 4.98. The molecule has 4 nitrogen and oxygen atoms in total. The maximum Gasteiger partial charge on any atom is 0.237 e. The van der Waals surface area contributed by atoms with E-state index in [1.165, 1.54) is 6.07 Å². The summed E-state index contributed by atoms with van der Waals surface area (Å²) in [6.07, 6.45) is 0. The van der Waals surface area contributed by atoms with E-state index >= 15 is 0 Å². The highest BCUT2D eigenvalue weighted by atomic mass is 35.5. The summed E-state index contributed by atoms with van der Waals surface area (Å²) >= 11 is 5.98. The summed E-state index contributed by atoms with van der Waals surface area (Å²) in [7, 11) is -1.51. The summed E-state index contributed by atoms with van der Waals surface area (Å²) in [5, 5.41) is 3.00. The Morgan fingerprint density at radius 1 is 1.24 bits per heavy atom. The number of nitrogen functional groups attached to an aromatic ring is 1. The molecule has 1 unspecified atom stereocenters. The van der Waals surface area contributed by atoms with Crippen molar-refractivity contribution in [2.24, 2.45) is 0 Å². The van der Waals surface area contributed by atoms with Crippen LogP contribution < -0.4 is 11.1 Å². The lowest BCUT2D eigenvalue weighted by Crippen LogP contribution is -2.19. The van der Waals surface area contributed by atoms with Crippen molar-refractivity contribution < 1.29 is 9.00 Å². The van der Waals surface area contributed by atoms with Crippen molar-refractivity contribution in [2.45, 2.75) is 11.8 Å². The number of nitrogens with one attached hydrogen (secondary N) is 1. The van der Waals surface area contributed by atoms with Crippen LogP contribution in [0, 0.1) is 6.92 Å². The van der Waals surface area contributed by atoms with Crippen molar-refractivity contribution in [2.75, 3.05) is 16.8 Å². The van der Waals surface area contributed by atoms with Crippen LogP contribution in [0.15, 0.2) is 47.4 Å². The van der Waals surface area contributed by atoms with Crippen molar-refractivity contribution in [3.8, 4) is 0 Å². The molecule has 21 heavy (non-hydrogen) atoms. The minimum Gasteiger partial charge on any atom is -0.399 e. The quantitative estimate of drug-likeness (QED) is 0.850. The average Bonchev–Trinajstić information content (AvgIpc) is 2.41. The molecule has 1 atom stereocenters. The summed E-state index contributed by atoms with van der Waals surface area (Å²) in [6, 6.07) is 12.1. The molecular formula is C15H15ClN2O2S. The second-order valence-corrected chi connectivity index (χ2v) is 6.42. The van der Waals surface area contributed by atoms with Crippen LogP contribution in [0.3, 0.4) is 0 Å². The van der Waals surface area contributed by atoms with Crippen molar-refractivity contribution >= 4 is 39.7 Å². The van der Waals surface area contributed by atoms with E-state index in [0.29, 0.717) is 21.3 Å². The van der Waals surface area contributed by atoms with Gasteiger partial charge in [-0.25, -0.2) is 0 Å². The third kappa shape index (κ3) is 4.31. The molecule has 0 heterocycles. The predicted molar refractivity (Wildman–Crippen MR) is 86.9 cm³/mol. The molecule has 0 spiro atoms. The van der Waals surface area contributed by atoms with E-state index in [0.717, 1.165) is 5.56 Å². The molecule has 0 fully saturated rings. The van der Waals surface area contributed by atoms with E-state index in [4.69, 9.17) is 17.3 Å².